The van der Waals surface area contributed by atoms with Gasteiger partial charge in [0.1, 0.15) is 5.60 Å². The first-order chi connectivity index (χ1) is 12.4. The van der Waals surface area contributed by atoms with Gasteiger partial charge in [0.25, 0.3) is 0 Å². The van der Waals surface area contributed by atoms with Crippen molar-refractivity contribution in [3.8, 4) is 11.1 Å². The summed E-state index contributed by atoms with van der Waals surface area (Å²) < 4.78 is 0. The molecule has 0 radical (unpaired) electrons. The molecule has 3 heteroatoms. The summed E-state index contributed by atoms with van der Waals surface area (Å²) in [4.78, 5) is 24.7. The third kappa shape index (κ3) is 3.79. The average Bonchev–Trinajstić information content (AvgIpc) is 2.67. The molecule has 26 heavy (non-hydrogen) atoms. The number of rotatable bonds is 5. The molecule has 0 saturated heterocycles. The summed E-state index contributed by atoms with van der Waals surface area (Å²) in [6.07, 6.45) is 0. The predicted molar refractivity (Wildman–Crippen MR) is 102 cm³/mol. The van der Waals surface area contributed by atoms with Gasteiger partial charge in [-0.2, -0.15) is 0 Å². The molecule has 3 rings (SSSR count). The molecule has 3 aromatic carbocycles. The highest BCUT2D eigenvalue weighted by Gasteiger charge is 2.25. The molecule has 0 fully saturated rings. The van der Waals surface area contributed by atoms with Crippen LogP contribution in [0.1, 0.15) is 40.1 Å². The zero-order valence-electron chi connectivity index (χ0n) is 14.8. The molecule has 0 aromatic heterocycles. The molecule has 3 aromatic rings. The van der Waals surface area contributed by atoms with E-state index < -0.39 is 5.60 Å². The first-order valence-corrected chi connectivity index (χ1v) is 8.44. The molecule has 0 heterocycles. The van der Waals surface area contributed by atoms with Gasteiger partial charge in [-0.15, -0.1) is 0 Å². The van der Waals surface area contributed by atoms with E-state index in [9.17, 15) is 14.7 Å². The summed E-state index contributed by atoms with van der Waals surface area (Å²) in [5.74, 6) is -0.476. The van der Waals surface area contributed by atoms with E-state index in [-0.39, 0.29) is 11.6 Å². The molecular weight excluding hydrogens is 324 g/mol. The fourth-order valence-electron chi connectivity index (χ4n) is 2.74. The minimum Gasteiger partial charge on any atom is -0.382 e. The third-order valence-electron chi connectivity index (χ3n) is 4.22. The fraction of sp³-hybridized carbons (Fsp3) is 0.130. The van der Waals surface area contributed by atoms with Crippen LogP contribution < -0.4 is 0 Å². The van der Waals surface area contributed by atoms with E-state index in [1.54, 1.807) is 36.4 Å². The van der Waals surface area contributed by atoms with Crippen LogP contribution in [0.4, 0.5) is 0 Å². The highest BCUT2D eigenvalue weighted by Crippen LogP contribution is 2.21. The van der Waals surface area contributed by atoms with Gasteiger partial charge in [0, 0.05) is 16.7 Å². The van der Waals surface area contributed by atoms with Crippen LogP contribution in [0.25, 0.3) is 11.1 Å². The van der Waals surface area contributed by atoms with Crippen molar-refractivity contribution in [3.05, 3.63) is 95.6 Å². The average molecular weight is 344 g/mol. The number of Topliss-reactive ketones (excluding diaryl/α,β-unsaturated/α-hetero) is 1. The minimum atomic E-state index is -1.43. The zero-order valence-corrected chi connectivity index (χ0v) is 14.8. The zero-order chi connectivity index (χ0) is 18.7. The quantitative estimate of drug-likeness (QED) is 0.692. The molecule has 0 unspecified atom stereocenters. The van der Waals surface area contributed by atoms with Crippen LogP contribution in [0, 0.1) is 0 Å². The first-order valence-electron chi connectivity index (χ1n) is 8.44. The number of aliphatic hydroxyl groups is 1. The maximum Gasteiger partial charge on any atom is 0.193 e. The van der Waals surface area contributed by atoms with Gasteiger partial charge < -0.3 is 5.11 Å². The van der Waals surface area contributed by atoms with Crippen LogP contribution >= 0.6 is 0 Å². The second kappa shape index (κ2) is 7.06. The maximum atomic E-state index is 12.6. The smallest absolute Gasteiger partial charge is 0.193 e. The normalized spacial score (nSPS) is 11.2. The highest BCUT2D eigenvalue weighted by atomic mass is 16.3. The molecule has 1 N–H and O–H groups in total. The van der Waals surface area contributed by atoms with E-state index in [1.807, 2.05) is 42.5 Å². The van der Waals surface area contributed by atoms with Crippen LogP contribution in [0.3, 0.4) is 0 Å². The Hall–Kier alpha value is -3.04. The second-order valence-electron chi connectivity index (χ2n) is 6.74. The van der Waals surface area contributed by atoms with E-state index in [0.717, 1.165) is 11.1 Å². The van der Waals surface area contributed by atoms with Gasteiger partial charge in [0.05, 0.1) is 0 Å². The lowest BCUT2D eigenvalue weighted by atomic mass is 9.94. The Balaban J connectivity index is 1.80. The molecule has 0 spiro atoms. The van der Waals surface area contributed by atoms with Gasteiger partial charge in [0.2, 0.25) is 0 Å². The lowest BCUT2D eigenvalue weighted by Crippen LogP contribution is -2.31. The van der Waals surface area contributed by atoms with Crippen LogP contribution in [-0.4, -0.2) is 22.3 Å². The number of hydrogen-bond acceptors (Lipinski definition) is 3. The largest absolute Gasteiger partial charge is 0.382 e. The van der Waals surface area contributed by atoms with E-state index in [2.05, 4.69) is 0 Å². The Morgan fingerprint density at radius 2 is 1.08 bits per heavy atom. The Morgan fingerprint density at radius 3 is 1.58 bits per heavy atom. The Labute approximate surface area is 152 Å². The molecule has 0 saturated carbocycles. The fourth-order valence-corrected chi connectivity index (χ4v) is 2.74. The van der Waals surface area contributed by atoms with Crippen LogP contribution in [0.15, 0.2) is 78.9 Å². The van der Waals surface area contributed by atoms with Crippen LogP contribution in [0.2, 0.25) is 0 Å². The van der Waals surface area contributed by atoms with E-state index >= 15 is 0 Å². The highest BCUT2D eigenvalue weighted by molar-refractivity contribution is 6.10. The standard InChI is InChI=1S/C23H20O3/c1-23(2,26)22(25)20-14-12-19(13-15-20)21(24)18-10-8-17(9-11-18)16-6-4-3-5-7-16/h3-15,26H,1-2H3. The third-order valence-corrected chi connectivity index (χ3v) is 4.22. The molecule has 0 aliphatic carbocycles. The Bertz CT molecular complexity index is 916. The Morgan fingerprint density at radius 1 is 0.654 bits per heavy atom. The Kier molecular flexibility index (Phi) is 4.83. The van der Waals surface area contributed by atoms with Crippen molar-refractivity contribution in [1.29, 1.82) is 0 Å². The summed E-state index contributed by atoms with van der Waals surface area (Å²) in [5, 5.41) is 9.80. The molecule has 0 aliphatic heterocycles. The lowest BCUT2D eigenvalue weighted by Gasteiger charge is -2.15. The number of ketones is 2. The van der Waals surface area contributed by atoms with Crippen molar-refractivity contribution in [2.75, 3.05) is 0 Å². The van der Waals surface area contributed by atoms with E-state index in [1.165, 1.54) is 13.8 Å². The summed E-state index contributed by atoms with van der Waals surface area (Å²) in [6.45, 7) is 2.89. The number of carbonyl (C=O) groups is 2. The SMILES string of the molecule is CC(C)(O)C(=O)c1ccc(C(=O)c2ccc(-c3ccccc3)cc2)cc1. The van der Waals surface area contributed by atoms with Crippen LogP contribution in [-0.2, 0) is 0 Å². The van der Waals surface area contributed by atoms with Gasteiger partial charge in [-0.3, -0.25) is 9.59 Å². The summed E-state index contributed by atoms with van der Waals surface area (Å²) in [5.41, 5.74) is 2.19. The van der Waals surface area contributed by atoms with Gasteiger partial charge in [-0.1, -0.05) is 78.9 Å². The van der Waals surface area contributed by atoms with E-state index in [4.69, 9.17) is 0 Å². The molecule has 0 aliphatic rings. The molecular formula is C23H20O3. The van der Waals surface area contributed by atoms with Gasteiger partial charge in [-0.25, -0.2) is 0 Å². The minimum absolute atomic E-state index is 0.105. The topological polar surface area (TPSA) is 54.4 Å². The second-order valence-corrected chi connectivity index (χ2v) is 6.74. The van der Waals surface area contributed by atoms with E-state index in [0.29, 0.717) is 16.7 Å². The molecule has 3 nitrogen and oxygen atoms in total. The molecule has 0 atom stereocenters. The molecule has 0 amide bonds. The predicted octanol–water partition coefficient (Wildman–Crippen LogP) is 4.54. The van der Waals surface area contributed by atoms with Gasteiger partial charge in [-0.05, 0) is 25.0 Å². The van der Waals surface area contributed by atoms with Crippen LogP contribution in [0.5, 0.6) is 0 Å². The molecule has 130 valence electrons. The first kappa shape index (κ1) is 17.8. The summed E-state index contributed by atoms with van der Waals surface area (Å²) in [6, 6.07) is 23.8. The van der Waals surface area contributed by atoms with Crippen molar-refractivity contribution in [2.45, 2.75) is 19.4 Å². The monoisotopic (exact) mass is 344 g/mol. The molecule has 0 bridgehead atoms. The van der Waals surface area contributed by atoms with Crippen molar-refractivity contribution >= 4 is 11.6 Å². The lowest BCUT2D eigenvalue weighted by molar-refractivity contribution is 0.0488. The number of benzene rings is 3. The van der Waals surface area contributed by atoms with Crippen molar-refractivity contribution in [2.24, 2.45) is 0 Å². The van der Waals surface area contributed by atoms with Crippen molar-refractivity contribution < 1.29 is 14.7 Å². The van der Waals surface area contributed by atoms with Gasteiger partial charge in [0.15, 0.2) is 11.6 Å². The number of hydrogen-bond donors (Lipinski definition) is 1. The number of carbonyl (C=O) groups excluding carboxylic acids is 2. The van der Waals surface area contributed by atoms with Gasteiger partial charge >= 0.3 is 0 Å². The van der Waals surface area contributed by atoms with Crippen molar-refractivity contribution in [3.63, 3.8) is 0 Å². The summed E-state index contributed by atoms with van der Waals surface area (Å²) in [7, 11) is 0. The maximum absolute atomic E-state index is 12.6. The summed E-state index contributed by atoms with van der Waals surface area (Å²) >= 11 is 0. The van der Waals surface area contributed by atoms with Crippen molar-refractivity contribution in [1.82, 2.24) is 0 Å².